The van der Waals surface area contributed by atoms with E-state index in [0.717, 1.165) is 5.69 Å². The summed E-state index contributed by atoms with van der Waals surface area (Å²) >= 11 is 0. The van der Waals surface area contributed by atoms with E-state index in [4.69, 9.17) is 0 Å². The van der Waals surface area contributed by atoms with Crippen LogP contribution >= 0.6 is 0 Å². The van der Waals surface area contributed by atoms with Crippen molar-refractivity contribution in [2.75, 3.05) is 42.8 Å². The Morgan fingerprint density at radius 3 is 2.25 bits per heavy atom. The number of hydrogen-bond donors (Lipinski definition) is 1. The summed E-state index contributed by atoms with van der Waals surface area (Å²) in [5, 5.41) is 2.86. The van der Waals surface area contributed by atoms with Crippen LogP contribution in [0.1, 0.15) is 25.6 Å². The highest BCUT2D eigenvalue weighted by Crippen LogP contribution is 2.17. The molecule has 0 unspecified atom stereocenters. The first-order chi connectivity index (χ1) is 11.4. The molecular formula is C17H24N6O. The molecule has 7 nitrogen and oxygen atoms in total. The minimum Gasteiger partial charge on any atom is -0.347 e. The van der Waals surface area contributed by atoms with Crippen LogP contribution in [0, 0.1) is 0 Å². The fraction of sp³-hybridized carbons (Fsp3) is 0.412. The number of amides is 1. The molecular weight excluding hydrogens is 304 g/mol. The van der Waals surface area contributed by atoms with Gasteiger partial charge in [0.25, 0.3) is 0 Å². The average molecular weight is 328 g/mol. The van der Waals surface area contributed by atoms with E-state index in [-0.39, 0.29) is 18.4 Å². The first-order valence-electron chi connectivity index (χ1n) is 7.86. The highest BCUT2D eigenvalue weighted by Gasteiger charge is 2.15. The first kappa shape index (κ1) is 17.7. The number of nitrogens with zero attached hydrogens (tertiary/aromatic N) is 5. The van der Waals surface area contributed by atoms with Crippen molar-refractivity contribution < 1.29 is 4.79 Å². The normalized spacial score (nSPS) is 10.6. The third-order valence-corrected chi connectivity index (χ3v) is 3.33. The van der Waals surface area contributed by atoms with E-state index in [1.165, 1.54) is 0 Å². The number of anilines is 3. The van der Waals surface area contributed by atoms with Crippen LogP contribution in [0.2, 0.25) is 0 Å². The molecule has 24 heavy (non-hydrogen) atoms. The zero-order valence-corrected chi connectivity index (χ0v) is 14.8. The molecule has 0 aliphatic carbocycles. The van der Waals surface area contributed by atoms with Gasteiger partial charge in [0.2, 0.25) is 17.8 Å². The van der Waals surface area contributed by atoms with Gasteiger partial charge in [-0.3, -0.25) is 4.79 Å². The number of nitrogens with one attached hydrogen (secondary N) is 1. The van der Waals surface area contributed by atoms with E-state index in [1.807, 2.05) is 63.2 Å². The third-order valence-electron chi connectivity index (χ3n) is 3.33. The first-order valence-corrected chi connectivity index (χ1v) is 7.86. The topological polar surface area (TPSA) is 74.2 Å². The van der Waals surface area contributed by atoms with Crippen molar-refractivity contribution in [3.05, 3.63) is 36.2 Å². The van der Waals surface area contributed by atoms with Crippen LogP contribution in [0.3, 0.4) is 0 Å². The lowest BCUT2D eigenvalue weighted by molar-refractivity contribution is -0.114. The maximum Gasteiger partial charge on any atom is 0.243 e. The van der Waals surface area contributed by atoms with Gasteiger partial charge in [0.05, 0.1) is 6.54 Å². The summed E-state index contributed by atoms with van der Waals surface area (Å²) in [6.45, 7) is 4.21. The van der Waals surface area contributed by atoms with Gasteiger partial charge in [0.15, 0.2) is 0 Å². The second kappa shape index (κ2) is 7.72. The van der Waals surface area contributed by atoms with Crippen LogP contribution in [0.5, 0.6) is 0 Å². The van der Waals surface area contributed by atoms with Crippen LogP contribution in [0.25, 0.3) is 0 Å². The van der Waals surface area contributed by atoms with E-state index < -0.39 is 0 Å². The summed E-state index contributed by atoms with van der Waals surface area (Å²) in [5.74, 6) is 1.83. The van der Waals surface area contributed by atoms with Crippen molar-refractivity contribution in [2.24, 2.45) is 0 Å². The molecule has 0 fully saturated rings. The molecule has 128 valence electrons. The Labute approximate surface area is 142 Å². The lowest BCUT2D eigenvalue weighted by atomic mass is 10.2. The minimum absolute atomic E-state index is 0.124. The fourth-order valence-corrected chi connectivity index (χ4v) is 2.01. The largest absolute Gasteiger partial charge is 0.347 e. The SMILES string of the molecule is CC(C)c1nc(N(C)C)nc(N(C)CC(=O)Nc2ccccc2)n1. The van der Waals surface area contributed by atoms with Crippen LogP contribution in [-0.4, -0.2) is 48.5 Å². The average Bonchev–Trinajstić information content (AvgIpc) is 2.55. The van der Waals surface area contributed by atoms with Gasteiger partial charge in [-0.2, -0.15) is 15.0 Å². The highest BCUT2D eigenvalue weighted by atomic mass is 16.2. The Hall–Kier alpha value is -2.70. The van der Waals surface area contributed by atoms with Crippen molar-refractivity contribution in [1.29, 1.82) is 0 Å². The predicted molar refractivity (Wildman–Crippen MR) is 96.6 cm³/mol. The zero-order chi connectivity index (χ0) is 17.7. The third kappa shape index (κ3) is 4.65. The van der Waals surface area contributed by atoms with Gasteiger partial charge in [-0.15, -0.1) is 0 Å². The molecule has 0 aliphatic heterocycles. The standard InChI is InChI=1S/C17H24N6O/c1-12(2)15-19-16(22(3)4)21-17(20-15)23(5)11-14(24)18-13-9-7-6-8-10-13/h6-10,12H,11H2,1-5H3,(H,18,24). The van der Waals surface area contributed by atoms with Gasteiger partial charge < -0.3 is 15.1 Å². The lowest BCUT2D eigenvalue weighted by Crippen LogP contribution is -2.32. The molecule has 1 heterocycles. The molecule has 0 saturated heterocycles. The van der Waals surface area contributed by atoms with Crippen molar-refractivity contribution in [1.82, 2.24) is 15.0 Å². The lowest BCUT2D eigenvalue weighted by Gasteiger charge is -2.20. The van der Waals surface area contributed by atoms with Crippen LogP contribution < -0.4 is 15.1 Å². The molecule has 0 bridgehead atoms. The molecule has 0 spiro atoms. The Morgan fingerprint density at radius 2 is 1.67 bits per heavy atom. The number of hydrogen-bond acceptors (Lipinski definition) is 6. The smallest absolute Gasteiger partial charge is 0.243 e. The minimum atomic E-state index is -0.124. The Balaban J connectivity index is 2.13. The summed E-state index contributed by atoms with van der Waals surface area (Å²) in [6.07, 6.45) is 0. The molecule has 1 amide bonds. The molecule has 1 aromatic carbocycles. The van der Waals surface area contributed by atoms with Crippen LogP contribution in [0.4, 0.5) is 17.6 Å². The summed E-state index contributed by atoms with van der Waals surface area (Å²) < 4.78 is 0. The Morgan fingerprint density at radius 1 is 1.04 bits per heavy atom. The summed E-state index contributed by atoms with van der Waals surface area (Å²) in [6, 6.07) is 9.36. The number of rotatable bonds is 6. The van der Waals surface area contributed by atoms with E-state index in [0.29, 0.717) is 17.7 Å². The van der Waals surface area contributed by atoms with Gasteiger partial charge in [-0.1, -0.05) is 32.0 Å². The van der Waals surface area contributed by atoms with Gasteiger partial charge in [-0.05, 0) is 12.1 Å². The number of carbonyl (C=O) groups is 1. The highest BCUT2D eigenvalue weighted by molar-refractivity contribution is 5.93. The van der Waals surface area contributed by atoms with Crippen LogP contribution in [0.15, 0.2) is 30.3 Å². The number of aromatic nitrogens is 3. The van der Waals surface area contributed by atoms with Crippen LogP contribution in [-0.2, 0) is 4.79 Å². The molecule has 2 aromatic rings. The maximum absolute atomic E-state index is 12.2. The number of benzene rings is 1. The molecule has 0 radical (unpaired) electrons. The second-order valence-corrected chi connectivity index (χ2v) is 6.11. The van der Waals surface area contributed by atoms with E-state index in [9.17, 15) is 4.79 Å². The molecule has 0 aliphatic rings. The molecule has 0 atom stereocenters. The zero-order valence-electron chi connectivity index (χ0n) is 14.8. The van der Waals surface area contributed by atoms with Crippen molar-refractivity contribution in [2.45, 2.75) is 19.8 Å². The maximum atomic E-state index is 12.2. The number of likely N-dealkylation sites (N-methyl/N-ethyl adjacent to an activating group) is 1. The molecule has 1 aromatic heterocycles. The molecule has 1 N–H and O–H groups in total. The number of para-hydroxylation sites is 1. The van der Waals surface area contributed by atoms with Gasteiger partial charge in [-0.25, -0.2) is 0 Å². The van der Waals surface area contributed by atoms with E-state index in [1.54, 1.807) is 11.9 Å². The van der Waals surface area contributed by atoms with E-state index in [2.05, 4.69) is 20.3 Å². The Kier molecular flexibility index (Phi) is 5.68. The fourth-order valence-electron chi connectivity index (χ4n) is 2.01. The predicted octanol–water partition coefficient (Wildman–Crippen LogP) is 2.14. The van der Waals surface area contributed by atoms with Crippen molar-refractivity contribution in [3.8, 4) is 0 Å². The van der Waals surface area contributed by atoms with E-state index >= 15 is 0 Å². The second-order valence-electron chi connectivity index (χ2n) is 6.11. The molecule has 7 heteroatoms. The van der Waals surface area contributed by atoms with Gasteiger partial charge in [0, 0.05) is 32.7 Å². The van der Waals surface area contributed by atoms with Crippen molar-refractivity contribution in [3.63, 3.8) is 0 Å². The quantitative estimate of drug-likeness (QED) is 0.876. The summed E-state index contributed by atoms with van der Waals surface area (Å²) in [4.78, 5) is 29.1. The van der Waals surface area contributed by atoms with Crippen molar-refractivity contribution >= 4 is 23.5 Å². The monoisotopic (exact) mass is 328 g/mol. The molecule has 2 rings (SSSR count). The Bertz CT molecular complexity index is 660. The molecule has 0 saturated carbocycles. The number of carbonyl (C=O) groups excluding carboxylic acids is 1. The summed E-state index contributed by atoms with van der Waals surface area (Å²) in [7, 11) is 5.56. The summed E-state index contributed by atoms with van der Waals surface area (Å²) in [5.41, 5.74) is 0.767. The van der Waals surface area contributed by atoms with Gasteiger partial charge in [0.1, 0.15) is 5.82 Å². The van der Waals surface area contributed by atoms with Gasteiger partial charge >= 0.3 is 0 Å².